The molecule has 2 N–H and O–H groups in total. The quantitative estimate of drug-likeness (QED) is 0.583. The van der Waals surface area contributed by atoms with Crippen molar-refractivity contribution in [1.29, 1.82) is 0 Å². The molecule has 5 rings (SSSR count). The Balaban J connectivity index is 1.22. The van der Waals surface area contributed by atoms with Crippen LogP contribution < -0.4 is 15.7 Å². The van der Waals surface area contributed by atoms with Crippen molar-refractivity contribution in [2.45, 2.75) is 45.8 Å². The van der Waals surface area contributed by atoms with E-state index >= 15 is 0 Å². The lowest BCUT2D eigenvalue weighted by Crippen LogP contribution is -2.36. The highest BCUT2D eigenvalue weighted by molar-refractivity contribution is 5.90. The Bertz CT molecular complexity index is 1240. The zero-order valence-corrected chi connectivity index (χ0v) is 18.6. The number of phenolic OH excluding ortho intramolecular Hbond substituents is 1. The molecule has 3 atom stereocenters. The normalized spacial score (nSPS) is 20.8. The standard InChI is InChI=1S/C27H29NO4/c1-16(14-28-15-20-9-10-24(29)22-6-4-3-5-21(20)22)18-7-8-19-12-23-26(32-25(19)13-18)11-17(2)31-27(23)30/h3-6,9-12,16,18,25,28-29H,7-8,13-15H2,1-2H3/t16?,18-,25-/m0/s1. The van der Waals surface area contributed by atoms with Crippen LogP contribution in [-0.2, 0) is 6.54 Å². The van der Waals surface area contributed by atoms with Crippen LogP contribution in [0, 0.1) is 18.8 Å². The van der Waals surface area contributed by atoms with Crippen LogP contribution in [-0.4, -0.2) is 17.8 Å². The minimum Gasteiger partial charge on any atom is -0.507 e. The Morgan fingerprint density at radius 3 is 2.84 bits per heavy atom. The van der Waals surface area contributed by atoms with Crippen LogP contribution in [0.1, 0.15) is 43.1 Å². The Hall–Kier alpha value is -3.05. The number of aryl methyl sites for hydroxylation is 1. The molecule has 2 aliphatic rings. The summed E-state index contributed by atoms with van der Waals surface area (Å²) in [5, 5.41) is 15.7. The molecule has 0 radical (unpaired) electrons. The van der Waals surface area contributed by atoms with Crippen molar-refractivity contribution in [3.8, 4) is 11.5 Å². The van der Waals surface area contributed by atoms with Gasteiger partial charge in [0.15, 0.2) is 0 Å². The van der Waals surface area contributed by atoms with Gasteiger partial charge in [-0.25, -0.2) is 4.79 Å². The third-order valence-corrected chi connectivity index (χ3v) is 6.98. The largest absolute Gasteiger partial charge is 0.507 e. The van der Waals surface area contributed by atoms with Crippen molar-refractivity contribution in [2.24, 2.45) is 11.8 Å². The highest BCUT2D eigenvalue weighted by Gasteiger charge is 2.33. The third kappa shape index (κ3) is 3.93. The molecule has 0 bridgehead atoms. The van der Waals surface area contributed by atoms with E-state index in [1.54, 1.807) is 13.0 Å². The summed E-state index contributed by atoms with van der Waals surface area (Å²) in [4.78, 5) is 12.2. The molecule has 5 heteroatoms. The first kappa shape index (κ1) is 20.8. The molecule has 3 aromatic rings. The number of hydrogen-bond acceptors (Lipinski definition) is 5. The van der Waals surface area contributed by atoms with Crippen LogP contribution in [0.5, 0.6) is 11.5 Å². The van der Waals surface area contributed by atoms with Crippen LogP contribution in [0.4, 0.5) is 0 Å². The van der Waals surface area contributed by atoms with Crippen LogP contribution in [0.2, 0.25) is 0 Å². The fourth-order valence-corrected chi connectivity index (χ4v) is 5.12. The van der Waals surface area contributed by atoms with Gasteiger partial charge >= 0.3 is 5.63 Å². The van der Waals surface area contributed by atoms with Crippen molar-refractivity contribution in [3.63, 3.8) is 0 Å². The molecule has 32 heavy (non-hydrogen) atoms. The van der Waals surface area contributed by atoms with E-state index in [1.165, 1.54) is 11.1 Å². The van der Waals surface area contributed by atoms with Gasteiger partial charge in [0.25, 0.3) is 0 Å². The van der Waals surface area contributed by atoms with Crippen LogP contribution in [0.25, 0.3) is 16.8 Å². The van der Waals surface area contributed by atoms with Crippen LogP contribution in [0.15, 0.2) is 57.2 Å². The van der Waals surface area contributed by atoms with E-state index in [4.69, 9.17) is 9.15 Å². The molecule has 1 unspecified atom stereocenters. The lowest BCUT2D eigenvalue weighted by molar-refractivity contribution is 0.140. The first-order chi connectivity index (χ1) is 15.5. The van der Waals surface area contributed by atoms with Crippen molar-refractivity contribution >= 4 is 16.8 Å². The Kier molecular flexibility index (Phi) is 5.51. The lowest BCUT2D eigenvalue weighted by Gasteiger charge is -2.37. The number of hydrogen-bond donors (Lipinski definition) is 2. The van der Waals surface area contributed by atoms with Crippen molar-refractivity contribution < 1.29 is 14.3 Å². The maximum Gasteiger partial charge on any atom is 0.346 e. The molecule has 1 saturated carbocycles. The third-order valence-electron chi connectivity index (χ3n) is 6.98. The van der Waals surface area contributed by atoms with E-state index in [9.17, 15) is 9.90 Å². The van der Waals surface area contributed by atoms with Crippen LogP contribution in [0.3, 0.4) is 0 Å². The van der Waals surface area contributed by atoms with Gasteiger partial charge in [0.2, 0.25) is 0 Å². The fraction of sp³-hybridized carbons (Fsp3) is 0.370. The summed E-state index contributed by atoms with van der Waals surface area (Å²) in [6, 6.07) is 13.6. The maximum absolute atomic E-state index is 12.2. The molecule has 0 spiro atoms. The fourth-order valence-electron chi connectivity index (χ4n) is 5.12. The molecule has 1 aliphatic heterocycles. The summed E-state index contributed by atoms with van der Waals surface area (Å²) in [6.07, 6.45) is 5.06. The monoisotopic (exact) mass is 431 g/mol. The molecule has 166 valence electrons. The lowest BCUT2D eigenvalue weighted by atomic mass is 9.76. The smallest absolute Gasteiger partial charge is 0.346 e. The molecule has 1 fully saturated rings. The molecule has 0 amide bonds. The van der Waals surface area contributed by atoms with E-state index in [0.717, 1.165) is 43.1 Å². The number of aromatic hydroxyl groups is 1. The summed E-state index contributed by atoms with van der Waals surface area (Å²) in [6.45, 7) is 5.77. The van der Waals surface area contributed by atoms with Gasteiger partial charge in [0.05, 0.1) is 0 Å². The maximum atomic E-state index is 12.2. The number of fused-ring (bicyclic) bond motifs is 3. The second kappa shape index (κ2) is 8.47. The highest BCUT2D eigenvalue weighted by atomic mass is 16.5. The predicted molar refractivity (Wildman–Crippen MR) is 126 cm³/mol. The number of nitrogens with one attached hydrogen (secondary N) is 1. The van der Waals surface area contributed by atoms with E-state index in [0.29, 0.717) is 34.7 Å². The minimum atomic E-state index is -0.313. The Morgan fingerprint density at radius 1 is 1.19 bits per heavy atom. The van der Waals surface area contributed by atoms with Gasteiger partial charge < -0.3 is 19.6 Å². The Morgan fingerprint density at radius 2 is 2.00 bits per heavy atom. The summed E-state index contributed by atoms with van der Waals surface area (Å²) in [5.41, 5.74) is 2.64. The molecule has 1 aromatic heterocycles. The van der Waals surface area contributed by atoms with E-state index in [-0.39, 0.29) is 11.7 Å². The van der Waals surface area contributed by atoms with Gasteiger partial charge in [-0.3, -0.25) is 0 Å². The zero-order chi connectivity index (χ0) is 22.2. The molecule has 1 aliphatic carbocycles. The van der Waals surface area contributed by atoms with Crippen molar-refractivity contribution in [3.05, 3.63) is 75.3 Å². The van der Waals surface area contributed by atoms with Gasteiger partial charge in [0, 0.05) is 18.0 Å². The van der Waals surface area contributed by atoms with Gasteiger partial charge in [-0.15, -0.1) is 0 Å². The van der Waals surface area contributed by atoms with Gasteiger partial charge in [-0.1, -0.05) is 37.3 Å². The van der Waals surface area contributed by atoms with Gasteiger partial charge in [-0.2, -0.15) is 0 Å². The molecule has 5 nitrogen and oxygen atoms in total. The molecule has 2 aromatic carbocycles. The second-order valence-corrected chi connectivity index (χ2v) is 9.18. The molecule has 0 saturated heterocycles. The second-order valence-electron chi connectivity index (χ2n) is 9.18. The average molecular weight is 432 g/mol. The molecule has 2 heterocycles. The molecular weight excluding hydrogens is 402 g/mol. The number of phenols is 1. The van der Waals surface area contributed by atoms with Crippen LogP contribution >= 0.6 is 0 Å². The predicted octanol–water partition coefficient (Wildman–Crippen LogP) is 5.18. The SMILES string of the molecule is Cc1cc2c(c(=O)o1)C=C1CC[C@H](C(C)CNCc3ccc(O)c4ccccc34)C[C@@H]1O2. The summed E-state index contributed by atoms with van der Waals surface area (Å²) in [5.74, 6) is 2.62. The first-order valence-electron chi connectivity index (χ1n) is 11.4. The minimum absolute atomic E-state index is 0.0472. The number of ether oxygens (including phenoxy) is 1. The van der Waals surface area contributed by atoms with E-state index < -0.39 is 0 Å². The summed E-state index contributed by atoms with van der Waals surface area (Å²) in [7, 11) is 0. The van der Waals surface area contributed by atoms with Gasteiger partial charge in [-0.05, 0) is 73.2 Å². The van der Waals surface area contributed by atoms with E-state index in [2.05, 4.69) is 18.3 Å². The Labute approximate surface area is 187 Å². The highest BCUT2D eigenvalue weighted by Crippen LogP contribution is 2.40. The molecular formula is C27H29NO4. The first-order valence-corrected chi connectivity index (χ1v) is 11.4. The summed E-state index contributed by atoms with van der Waals surface area (Å²) >= 11 is 0. The van der Waals surface area contributed by atoms with Crippen molar-refractivity contribution in [1.82, 2.24) is 5.32 Å². The number of benzene rings is 2. The van der Waals surface area contributed by atoms with Gasteiger partial charge in [0.1, 0.15) is 28.9 Å². The average Bonchev–Trinajstić information content (AvgIpc) is 2.79. The van der Waals surface area contributed by atoms with E-state index in [1.807, 2.05) is 36.4 Å². The number of rotatable bonds is 5. The zero-order valence-electron chi connectivity index (χ0n) is 18.6. The van der Waals surface area contributed by atoms with Crippen molar-refractivity contribution in [2.75, 3.05) is 6.54 Å². The topological polar surface area (TPSA) is 71.7 Å². The summed E-state index contributed by atoms with van der Waals surface area (Å²) < 4.78 is 11.5.